The van der Waals surface area contributed by atoms with Gasteiger partial charge in [0, 0.05) is 0 Å². The topological polar surface area (TPSA) is 81.7 Å². The molecule has 0 N–H and O–H groups in total. The van der Waals surface area contributed by atoms with Crippen LogP contribution >= 0.6 is 0 Å². The SMILES string of the molecule is CCCCC(CC)C(=O)OCCOCCOCCOCCOCCOCCO[Si](c1ccccc1)(c1ccccc1)C(C)(C)C. The van der Waals surface area contributed by atoms with Gasteiger partial charge in [-0.05, 0) is 28.3 Å². The van der Waals surface area contributed by atoms with Gasteiger partial charge in [0.05, 0.1) is 78.6 Å². The van der Waals surface area contributed by atoms with Crippen molar-refractivity contribution in [2.24, 2.45) is 5.92 Å². The summed E-state index contributed by atoms with van der Waals surface area (Å²) in [5.41, 5.74) is 0. The number of carbonyl (C=O) groups is 1. The molecule has 9 heteroatoms. The first-order valence-corrected chi connectivity index (χ1v) is 18.6. The zero-order valence-corrected chi connectivity index (χ0v) is 29.4. The van der Waals surface area contributed by atoms with E-state index >= 15 is 0 Å². The predicted molar refractivity (Wildman–Crippen MR) is 182 cm³/mol. The van der Waals surface area contributed by atoms with E-state index in [1.165, 1.54) is 10.4 Å². The highest BCUT2D eigenvalue weighted by Gasteiger charge is 2.50. The number of ether oxygens (including phenoxy) is 6. The summed E-state index contributed by atoms with van der Waals surface area (Å²) in [5.74, 6) is -0.115. The second kappa shape index (κ2) is 23.2. The van der Waals surface area contributed by atoms with E-state index in [0.29, 0.717) is 72.7 Å². The lowest BCUT2D eigenvalue weighted by Gasteiger charge is -2.43. The lowest BCUT2D eigenvalue weighted by Crippen LogP contribution is -2.66. The van der Waals surface area contributed by atoms with Crippen molar-refractivity contribution < 1.29 is 37.6 Å². The van der Waals surface area contributed by atoms with Crippen molar-refractivity contribution in [2.75, 3.05) is 79.3 Å². The van der Waals surface area contributed by atoms with Gasteiger partial charge >= 0.3 is 5.97 Å². The van der Waals surface area contributed by atoms with Gasteiger partial charge < -0.3 is 32.8 Å². The lowest BCUT2D eigenvalue weighted by atomic mass is 10.00. The van der Waals surface area contributed by atoms with Crippen molar-refractivity contribution in [3.63, 3.8) is 0 Å². The van der Waals surface area contributed by atoms with Gasteiger partial charge in [0.25, 0.3) is 8.32 Å². The Morgan fingerprint density at radius 1 is 0.622 bits per heavy atom. The van der Waals surface area contributed by atoms with Crippen molar-refractivity contribution in [3.05, 3.63) is 60.7 Å². The molecule has 1 atom stereocenters. The molecule has 0 amide bonds. The molecular formula is C36H58O8Si. The minimum atomic E-state index is -2.53. The fourth-order valence-electron chi connectivity index (χ4n) is 5.26. The van der Waals surface area contributed by atoms with Crippen LogP contribution in [0.1, 0.15) is 60.3 Å². The maximum atomic E-state index is 12.1. The highest BCUT2D eigenvalue weighted by molar-refractivity contribution is 6.99. The molecule has 0 aliphatic heterocycles. The predicted octanol–water partition coefficient (Wildman–Crippen LogP) is 5.41. The van der Waals surface area contributed by atoms with Crippen LogP contribution in [-0.4, -0.2) is 93.6 Å². The van der Waals surface area contributed by atoms with Crippen LogP contribution < -0.4 is 10.4 Å². The molecule has 0 spiro atoms. The number of carbonyl (C=O) groups excluding carboxylic acids is 1. The molecule has 0 saturated heterocycles. The molecule has 254 valence electrons. The molecular weight excluding hydrogens is 588 g/mol. The molecule has 0 aliphatic rings. The van der Waals surface area contributed by atoms with Crippen molar-refractivity contribution in [1.29, 1.82) is 0 Å². The first kappa shape index (κ1) is 39.1. The number of hydrogen-bond acceptors (Lipinski definition) is 8. The molecule has 2 aromatic rings. The third kappa shape index (κ3) is 14.5. The van der Waals surface area contributed by atoms with E-state index in [-0.39, 0.29) is 23.5 Å². The minimum absolute atomic E-state index is 0.000789. The molecule has 0 heterocycles. The van der Waals surface area contributed by atoms with Crippen LogP contribution in [0.25, 0.3) is 0 Å². The van der Waals surface area contributed by atoms with E-state index in [1.54, 1.807) is 0 Å². The summed E-state index contributed by atoms with van der Waals surface area (Å²) in [7, 11) is -2.53. The van der Waals surface area contributed by atoms with Crippen LogP contribution in [-0.2, 0) is 37.6 Å². The monoisotopic (exact) mass is 646 g/mol. The highest BCUT2D eigenvalue weighted by Crippen LogP contribution is 2.36. The quantitative estimate of drug-likeness (QED) is 0.0763. The Labute approximate surface area is 273 Å². The molecule has 1 unspecified atom stereocenters. The van der Waals surface area contributed by atoms with Crippen molar-refractivity contribution in [3.8, 4) is 0 Å². The van der Waals surface area contributed by atoms with Crippen LogP contribution in [0.5, 0.6) is 0 Å². The Balaban J connectivity index is 1.48. The molecule has 0 fully saturated rings. The number of benzene rings is 2. The summed E-state index contributed by atoms with van der Waals surface area (Å²) in [6.45, 7) is 16.6. The van der Waals surface area contributed by atoms with Crippen LogP contribution in [0.2, 0.25) is 5.04 Å². The summed E-state index contributed by atoms with van der Waals surface area (Å²) in [6.07, 6.45) is 3.85. The summed E-state index contributed by atoms with van der Waals surface area (Å²) < 4.78 is 40.2. The van der Waals surface area contributed by atoms with Gasteiger partial charge in [-0.15, -0.1) is 0 Å². The highest BCUT2D eigenvalue weighted by atomic mass is 28.4. The van der Waals surface area contributed by atoms with Crippen LogP contribution in [0.3, 0.4) is 0 Å². The molecule has 45 heavy (non-hydrogen) atoms. The van der Waals surface area contributed by atoms with Gasteiger partial charge in [0.15, 0.2) is 0 Å². The van der Waals surface area contributed by atoms with Crippen molar-refractivity contribution in [1.82, 2.24) is 0 Å². The van der Waals surface area contributed by atoms with Gasteiger partial charge in [-0.1, -0.05) is 108 Å². The second-order valence-corrected chi connectivity index (χ2v) is 16.3. The van der Waals surface area contributed by atoms with Crippen LogP contribution in [0.4, 0.5) is 0 Å². The number of unbranched alkanes of at least 4 members (excludes halogenated alkanes) is 1. The van der Waals surface area contributed by atoms with Gasteiger partial charge in [0.1, 0.15) is 6.61 Å². The van der Waals surface area contributed by atoms with Gasteiger partial charge in [-0.25, -0.2) is 0 Å². The first-order chi connectivity index (χ1) is 21.9. The Morgan fingerprint density at radius 2 is 1.02 bits per heavy atom. The third-order valence-electron chi connectivity index (χ3n) is 7.66. The normalized spacial score (nSPS) is 12.7. The van der Waals surface area contributed by atoms with E-state index in [4.69, 9.17) is 32.8 Å². The van der Waals surface area contributed by atoms with Gasteiger partial charge in [0.2, 0.25) is 0 Å². The molecule has 8 nitrogen and oxygen atoms in total. The van der Waals surface area contributed by atoms with Crippen molar-refractivity contribution >= 4 is 24.7 Å². The summed E-state index contributed by atoms with van der Waals surface area (Å²) >= 11 is 0. The van der Waals surface area contributed by atoms with Gasteiger partial charge in [-0.2, -0.15) is 0 Å². The zero-order chi connectivity index (χ0) is 32.6. The van der Waals surface area contributed by atoms with E-state index in [2.05, 4.69) is 88.4 Å². The summed E-state index contributed by atoms with van der Waals surface area (Å²) in [4.78, 5) is 12.1. The maximum absolute atomic E-state index is 12.1. The number of hydrogen-bond donors (Lipinski definition) is 0. The van der Waals surface area contributed by atoms with E-state index in [1.807, 2.05) is 6.92 Å². The zero-order valence-electron chi connectivity index (χ0n) is 28.4. The van der Waals surface area contributed by atoms with E-state index in [9.17, 15) is 4.79 Å². The van der Waals surface area contributed by atoms with E-state index in [0.717, 1.165) is 25.7 Å². The molecule has 0 bridgehead atoms. The molecule has 2 aromatic carbocycles. The Bertz CT molecular complexity index is 960. The first-order valence-electron chi connectivity index (χ1n) is 16.7. The third-order valence-corrected chi connectivity index (χ3v) is 12.7. The molecule has 0 aliphatic carbocycles. The van der Waals surface area contributed by atoms with E-state index < -0.39 is 8.32 Å². The average Bonchev–Trinajstić information content (AvgIpc) is 3.04. The van der Waals surface area contributed by atoms with Crippen LogP contribution in [0, 0.1) is 5.92 Å². The molecule has 2 rings (SSSR count). The Kier molecular flexibility index (Phi) is 20.2. The average molecular weight is 647 g/mol. The summed E-state index contributed by atoms with van der Waals surface area (Å²) in [6, 6.07) is 21.3. The fourth-order valence-corrected chi connectivity index (χ4v) is 9.80. The van der Waals surface area contributed by atoms with Gasteiger partial charge in [-0.3, -0.25) is 4.79 Å². The Morgan fingerprint density at radius 3 is 1.40 bits per heavy atom. The number of rotatable bonds is 26. The smallest absolute Gasteiger partial charge is 0.308 e. The lowest BCUT2D eigenvalue weighted by molar-refractivity contribution is -0.150. The molecule has 0 aromatic heterocycles. The maximum Gasteiger partial charge on any atom is 0.308 e. The standard InChI is InChI=1S/C36H58O8Si/c1-6-8-15-32(7-2)35(37)43-30-28-41-26-24-39-22-20-38-21-23-40-25-27-42-29-31-44-45(36(3,4)5,33-16-11-9-12-17-33)34-18-13-10-14-19-34/h9-14,16-19,32H,6-8,15,20-31H2,1-5H3. The molecule has 0 radical (unpaired) electrons. The molecule has 0 saturated carbocycles. The van der Waals surface area contributed by atoms with Crippen molar-refractivity contribution in [2.45, 2.75) is 65.3 Å². The van der Waals surface area contributed by atoms with Crippen LogP contribution in [0.15, 0.2) is 60.7 Å². The fraction of sp³-hybridized carbons (Fsp3) is 0.639. The second-order valence-electron chi connectivity index (χ2n) is 12.0. The number of esters is 1. The Hall–Kier alpha value is -2.11. The summed E-state index contributed by atoms with van der Waals surface area (Å²) in [5, 5.41) is 2.48. The minimum Gasteiger partial charge on any atom is -0.463 e. The largest absolute Gasteiger partial charge is 0.463 e.